The molecule has 0 radical (unpaired) electrons. The van der Waals surface area contributed by atoms with E-state index in [1.165, 1.54) is 6.42 Å². The molecule has 0 bridgehead atoms. The average molecular weight is 278 g/mol. The minimum Gasteiger partial charge on any atom is -0.462 e. The second-order valence-corrected chi connectivity index (χ2v) is 7.21. The summed E-state index contributed by atoms with van der Waals surface area (Å²) < 4.78 is 5.93. The highest BCUT2D eigenvalue weighted by Crippen LogP contribution is 2.45. The van der Waals surface area contributed by atoms with E-state index in [9.17, 15) is 4.79 Å². The Kier molecular flexibility index (Phi) is 4.93. The van der Waals surface area contributed by atoms with Gasteiger partial charge in [-0.3, -0.25) is 4.79 Å². The van der Waals surface area contributed by atoms with E-state index in [1.54, 1.807) is 0 Å². The first kappa shape index (κ1) is 15.6. The largest absolute Gasteiger partial charge is 0.462 e. The number of rotatable bonds is 3. The van der Waals surface area contributed by atoms with E-state index in [2.05, 4.69) is 32.9 Å². The van der Waals surface area contributed by atoms with Crippen molar-refractivity contribution in [1.82, 2.24) is 0 Å². The Morgan fingerprint density at radius 1 is 1.25 bits per heavy atom. The van der Waals surface area contributed by atoms with Crippen LogP contribution in [-0.4, -0.2) is 12.1 Å². The van der Waals surface area contributed by atoms with Gasteiger partial charge in [0.25, 0.3) is 0 Å². The van der Waals surface area contributed by atoms with E-state index in [1.807, 2.05) is 13.8 Å². The van der Waals surface area contributed by atoms with Crippen LogP contribution >= 0.6 is 0 Å². The Bertz CT molecular complexity index is 374. The van der Waals surface area contributed by atoms with Gasteiger partial charge >= 0.3 is 5.97 Å². The van der Waals surface area contributed by atoms with Gasteiger partial charge in [0, 0.05) is 5.92 Å². The molecule has 0 spiro atoms. The van der Waals surface area contributed by atoms with Gasteiger partial charge in [0.15, 0.2) is 0 Å². The maximum atomic E-state index is 12.2. The van der Waals surface area contributed by atoms with E-state index in [0.717, 1.165) is 12.8 Å². The third kappa shape index (κ3) is 3.10. The summed E-state index contributed by atoms with van der Waals surface area (Å²) in [7, 11) is 0. The molecule has 114 valence electrons. The zero-order valence-electron chi connectivity index (χ0n) is 13.6. The smallest absolute Gasteiger partial charge is 0.308 e. The summed E-state index contributed by atoms with van der Waals surface area (Å²) in [6.07, 6.45) is 8.00. The number of allylic oxidation sites excluding steroid dienone is 2. The molecule has 0 aromatic rings. The van der Waals surface area contributed by atoms with Gasteiger partial charge in [-0.2, -0.15) is 0 Å². The van der Waals surface area contributed by atoms with Crippen molar-refractivity contribution < 1.29 is 9.53 Å². The molecule has 2 nitrogen and oxygen atoms in total. The summed E-state index contributed by atoms with van der Waals surface area (Å²) in [4.78, 5) is 12.2. The lowest BCUT2D eigenvalue weighted by Gasteiger charge is -2.46. The second-order valence-electron chi connectivity index (χ2n) is 7.21. The van der Waals surface area contributed by atoms with Crippen LogP contribution in [0.15, 0.2) is 12.2 Å². The fourth-order valence-corrected chi connectivity index (χ4v) is 3.89. The third-order valence-corrected chi connectivity index (χ3v) is 5.61. The Morgan fingerprint density at radius 3 is 2.60 bits per heavy atom. The van der Waals surface area contributed by atoms with Crippen LogP contribution in [-0.2, 0) is 9.53 Å². The zero-order chi connectivity index (χ0) is 14.9. The molecule has 0 aliphatic heterocycles. The minimum absolute atomic E-state index is 0.000226. The standard InChI is InChI=1S/C18H30O2/c1-6-12(3)18(19)20-16-10-11(2)9-15-8-7-13(4)14(5)17(15)16/h7-8,11-17H,6,9-10H2,1-5H3/t11-,12-,13-,14?,15?,16-,17+/m0/s1. The van der Waals surface area contributed by atoms with Crippen LogP contribution in [0.3, 0.4) is 0 Å². The van der Waals surface area contributed by atoms with Crippen molar-refractivity contribution in [2.75, 3.05) is 0 Å². The SMILES string of the molecule is CC[C@H](C)C(=O)O[C@H]1C[C@@H](C)CC2C=C[C@H](C)C(C)[C@H]21. The van der Waals surface area contributed by atoms with Gasteiger partial charge in [-0.1, -0.05) is 46.8 Å². The van der Waals surface area contributed by atoms with E-state index >= 15 is 0 Å². The first-order valence-electron chi connectivity index (χ1n) is 8.32. The van der Waals surface area contributed by atoms with Crippen molar-refractivity contribution in [2.24, 2.45) is 35.5 Å². The van der Waals surface area contributed by atoms with Gasteiger partial charge in [0.1, 0.15) is 6.10 Å². The van der Waals surface area contributed by atoms with Gasteiger partial charge in [0.05, 0.1) is 5.92 Å². The van der Waals surface area contributed by atoms with Crippen LogP contribution in [0.5, 0.6) is 0 Å². The van der Waals surface area contributed by atoms with E-state index in [-0.39, 0.29) is 18.0 Å². The topological polar surface area (TPSA) is 26.3 Å². The molecular weight excluding hydrogens is 248 g/mol. The van der Waals surface area contributed by atoms with E-state index < -0.39 is 0 Å². The molecule has 20 heavy (non-hydrogen) atoms. The van der Waals surface area contributed by atoms with Crippen molar-refractivity contribution in [1.29, 1.82) is 0 Å². The summed E-state index contributed by atoms with van der Waals surface area (Å²) in [5.74, 6) is 2.98. The Hall–Kier alpha value is -0.790. The van der Waals surface area contributed by atoms with E-state index in [4.69, 9.17) is 4.74 Å². The summed E-state index contributed by atoms with van der Waals surface area (Å²) in [5, 5.41) is 0. The molecular formula is C18H30O2. The lowest BCUT2D eigenvalue weighted by Crippen LogP contribution is -2.45. The molecule has 7 atom stereocenters. The van der Waals surface area contributed by atoms with Crippen molar-refractivity contribution >= 4 is 5.97 Å². The Balaban J connectivity index is 2.13. The molecule has 0 saturated heterocycles. The lowest BCUT2D eigenvalue weighted by molar-refractivity contribution is -0.163. The van der Waals surface area contributed by atoms with Crippen LogP contribution in [0.25, 0.3) is 0 Å². The van der Waals surface area contributed by atoms with Crippen molar-refractivity contribution in [3.8, 4) is 0 Å². The molecule has 2 rings (SSSR count). The number of hydrogen-bond acceptors (Lipinski definition) is 2. The molecule has 2 aliphatic rings. The number of hydrogen-bond donors (Lipinski definition) is 0. The number of ether oxygens (including phenoxy) is 1. The molecule has 2 unspecified atom stereocenters. The van der Waals surface area contributed by atoms with Gasteiger partial charge in [-0.05, 0) is 42.9 Å². The van der Waals surface area contributed by atoms with Gasteiger partial charge < -0.3 is 4.74 Å². The Morgan fingerprint density at radius 2 is 1.95 bits per heavy atom. The van der Waals surface area contributed by atoms with Crippen molar-refractivity contribution in [3.63, 3.8) is 0 Å². The number of carbonyl (C=O) groups excluding carboxylic acids is 1. The first-order chi connectivity index (χ1) is 9.43. The molecule has 2 heteroatoms. The van der Waals surface area contributed by atoms with Gasteiger partial charge in [-0.25, -0.2) is 0 Å². The molecule has 0 aromatic carbocycles. The molecule has 0 N–H and O–H groups in total. The molecule has 0 aromatic heterocycles. The summed E-state index contributed by atoms with van der Waals surface area (Å²) >= 11 is 0. The van der Waals surface area contributed by atoms with Crippen molar-refractivity contribution in [3.05, 3.63) is 12.2 Å². The van der Waals surface area contributed by atoms with E-state index in [0.29, 0.717) is 29.6 Å². The number of esters is 1. The molecule has 1 fully saturated rings. The molecule has 2 aliphatic carbocycles. The van der Waals surface area contributed by atoms with Crippen LogP contribution in [0, 0.1) is 35.5 Å². The van der Waals surface area contributed by atoms with Crippen LogP contribution < -0.4 is 0 Å². The molecule has 0 heterocycles. The zero-order valence-corrected chi connectivity index (χ0v) is 13.6. The average Bonchev–Trinajstić information content (AvgIpc) is 2.41. The normalized spacial score (nSPS) is 41.9. The maximum Gasteiger partial charge on any atom is 0.308 e. The maximum absolute atomic E-state index is 12.2. The lowest BCUT2D eigenvalue weighted by atomic mass is 9.62. The third-order valence-electron chi connectivity index (χ3n) is 5.61. The summed E-state index contributed by atoms with van der Waals surface area (Å²) in [5.41, 5.74) is 0. The van der Waals surface area contributed by atoms with Crippen LogP contribution in [0.1, 0.15) is 53.9 Å². The highest BCUT2D eigenvalue weighted by molar-refractivity contribution is 5.72. The monoisotopic (exact) mass is 278 g/mol. The Labute approximate surface area is 124 Å². The van der Waals surface area contributed by atoms with Crippen molar-refractivity contribution in [2.45, 2.75) is 60.0 Å². The van der Waals surface area contributed by atoms with Crippen LogP contribution in [0.2, 0.25) is 0 Å². The van der Waals surface area contributed by atoms with Gasteiger partial charge in [-0.15, -0.1) is 0 Å². The second kappa shape index (κ2) is 6.32. The number of carbonyl (C=O) groups is 1. The minimum atomic E-state index is -0.000226. The summed E-state index contributed by atoms with van der Waals surface area (Å²) in [6, 6.07) is 0. The fourth-order valence-electron chi connectivity index (χ4n) is 3.89. The summed E-state index contributed by atoms with van der Waals surface area (Å²) in [6.45, 7) is 10.9. The highest BCUT2D eigenvalue weighted by Gasteiger charge is 2.43. The predicted octanol–water partition coefficient (Wildman–Crippen LogP) is 4.45. The molecule has 0 amide bonds. The quantitative estimate of drug-likeness (QED) is 0.563. The predicted molar refractivity (Wildman–Crippen MR) is 82.2 cm³/mol. The first-order valence-corrected chi connectivity index (χ1v) is 8.32. The number of fused-ring (bicyclic) bond motifs is 1. The highest BCUT2D eigenvalue weighted by atomic mass is 16.5. The van der Waals surface area contributed by atoms with Gasteiger partial charge in [0.2, 0.25) is 0 Å². The van der Waals surface area contributed by atoms with Crippen LogP contribution in [0.4, 0.5) is 0 Å². The fraction of sp³-hybridized carbons (Fsp3) is 0.833. The molecule has 1 saturated carbocycles.